The second kappa shape index (κ2) is 6.34. The van der Waals surface area contributed by atoms with Crippen LogP contribution in [-0.2, 0) is 9.53 Å². The van der Waals surface area contributed by atoms with E-state index in [1.807, 2.05) is 0 Å². The molecule has 4 aliphatic rings. The molecule has 0 saturated heterocycles. The molecule has 0 amide bonds. The Labute approximate surface area is 152 Å². The van der Waals surface area contributed by atoms with Crippen molar-refractivity contribution in [1.82, 2.24) is 0 Å². The lowest BCUT2D eigenvalue weighted by atomic mass is 9.45. The summed E-state index contributed by atoms with van der Waals surface area (Å²) >= 11 is 0. The van der Waals surface area contributed by atoms with Crippen molar-refractivity contribution >= 4 is 5.78 Å². The second-order valence-electron chi connectivity index (χ2n) is 9.99. The van der Waals surface area contributed by atoms with Gasteiger partial charge in [-0.15, -0.1) is 0 Å². The van der Waals surface area contributed by atoms with Crippen molar-refractivity contribution in [2.75, 3.05) is 6.61 Å². The molecule has 4 aliphatic carbocycles. The molecule has 4 saturated carbocycles. The van der Waals surface area contributed by atoms with E-state index in [9.17, 15) is 9.90 Å². The van der Waals surface area contributed by atoms with Gasteiger partial charge in [0.1, 0.15) is 5.78 Å². The largest absolute Gasteiger partial charge is 0.390 e. The maximum absolute atomic E-state index is 12.5. The zero-order valence-corrected chi connectivity index (χ0v) is 16.3. The first-order chi connectivity index (χ1) is 11.9. The average Bonchev–Trinajstić information content (AvgIpc) is 2.89. The number of ether oxygens (including phenoxy) is 1. The first-order valence-corrected chi connectivity index (χ1v) is 10.7. The number of hydrogen-bond acceptors (Lipinski definition) is 3. The fraction of sp³-hybridized carbons (Fsp3) is 0.955. The number of carbonyl (C=O) groups is 1. The summed E-state index contributed by atoms with van der Waals surface area (Å²) in [7, 11) is 0. The number of hydrogen-bond donors (Lipinski definition) is 1. The third-order valence-electron chi connectivity index (χ3n) is 8.91. The Kier molecular flexibility index (Phi) is 4.56. The smallest absolute Gasteiger partial charge is 0.139 e. The third kappa shape index (κ3) is 2.64. The molecular formula is C22H36O3. The van der Waals surface area contributed by atoms with Crippen molar-refractivity contribution in [3.63, 3.8) is 0 Å². The van der Waals surface area contributed by atoms with Gasteiger partial charge in [0.05, 0.1) is 12.2 Å². The number of aliphatic hydroxyl groups excluding tert-OH is 1. The Morgan fingerprint density at radius 2 is 1.96 bits per heavy atom. The monoisotopic (exact) mass is 348 g/mol. The van der Waals surface area contributed by atoms with Crippen LogP contribution in [0.1, 0.15) is 78.6 Å². The van der Waals surface area contributed by atoms with Crippen LogP contribution in [0.2, 0.25) is 0 Å². The minimum absolute atomic E-state index is 0.0125. The highest BCUT2D eigenvalue weighted by atomic mass is 16.5. The summed E-state index contributed by atoms with van der Waals surface area (Å²) in [5.74, 6) is 3.21. The molecule has 0 unspecified atom stereocenters. The van der Waals surface area contributed by atoms with E-state index in [0.717, 1.165) is 51.0 Å². The van der Waals surface area contributed by atoms with Crippen molar-refractivity contribution in [1.29, 1.82) is 0 Å². The van der Waals surface area contributed by atoms with Gasteiger partial charge in [-0.25, -0.2) is 0 Å². The fourth-order valence-corrected chi connectivity index (χ4v) is 7.46. The fourth-order valence-electron chi connectivity index (χ4n) is 7.46. The summed E-state index contributed by atoms with van der Waals surface area (Å²) in [6.07, 6.45) is 9.38. The van der Waals surface area contributed by atoms with E-state index in [1.165, 1.54) is 19.3 Å². The summed E-state index contributed by atoms with van der Waals surface area (Å²) in [5.41, 5.74) is 0.254. The van der Waals surface area contributed by atoms with Crippen molar-refractivity contribution in [2.24, 2.45) is 34.5 Å². The van der Waals surface area contributed by atoms with Crippen LogP contribution in [-0.4, -0.2) is 29.7 Å². The number of fused-ring (bicyclic) bond motifs is 5. The lowest BCUT2D eigenvalue weighted by Crippen LogP contribution is -2.57. The van der Waals surface area contributed by atoms with Crippen LogP contribution >= 0.6 is 0 Å². The predicted molar refractivity (Wildman–Crippen MR) is 98.2 cm³/mol. The maximum atomic E-state index is 12.5. The first kappa shape index (κ1) is 18.0. The van der Waals surface area contributed by atoms with E-state index in [1.54, 1.807) is 0 Å². The van der Waals surface area contributed by atoms with Gasteiger partial charge in [-0.3, -0.25) is 4.79 Å². The molecule has 8 atom stereocenters. The number of Topliss-reactive ketones (excluding diaryl/α,β-unsaturated/α-hetero) is 1. The van der Waals surface area contributed by atoms with E-state index in [2.05, 4.69) is 20.8 Å². The molecule has 0 aromatic carbocycles. The van der Waals surface area contributed by atoms with Gasteiger partial charge in [0.15, 0.2) is 0 Å². The van der Waals surface area contributed by atoms with Gasteiger partial charge < -0.3 is 9.84 Å². The molecule has 0 heterocycles. The summed E-state index contributed by atoms with van der Waals surface area (Å²) in [5, 5.41) is 10.6. The lowest BCUT2D eigenvalue weighted by molar-refractivity contribution is -0.171. The standard InChI is InChI=1S/C22H36O3/c1-4-11-25-19-13-22(3)14(12-18(19)23)5-6-15-16-7-8-20(24)21(16,2)10-9-17(15)22/h14-19,23H,4-13H2,1-3H3/t14-,15-,16-,17-,18-,19-,21-,22-/m0/s1. The molecule has 25 heavy (non-hydrogen) atoms. The zero-order valence-electron chi connectivity index (χ0n) is 16.3. The van der Waals surface area contributed by atoms with Crippen LogP contribution < -0.4 is 0 Å². The Hall–Kier alpha value is -0.410. The molecule has 0 aromatic heterocycles. The van der Waals surface area contributed by atoms with E-state index in [0.29, 0.717) is 23.5 Å². The maximum Gasteiger partial charge on any atom is 0.139 e. The van der Waals surface area contributed by atoms with Gasteiger partial charge in [0.2, 0.25) is 0 Å². The third-order valence-corrected chi connectivity index (χ3v) is 8.91. The van der Waals surface area contributed by atoms with Gasteiger partial charge in [-0.2, -0.15) is 0 Å². The zero-order chi connectivity index (χ0) is 17.8. The van der Waals surface area contributed by atoms with E-state index < -0.39 is 0 Å². The highest BCUT2D eigenvalue weighted by molar-refractivity contribution is 5.87. The quantitative estimate of drug-likeness (QED) is 0.824. The average molecular weight is 349 g/mol. The topological polar surface area (TPSA) is 46.5 Å². The molecule has 0 radical (unpaired) electrons. The van der Waals surface area contributed by atoms with E-state index in [-0.39, 0.29) is 23.0 Å². The predicted octanol–water partition coefficient (Wildman–Crippen LogP) is 4.36. The molecule has 142 valence electrons. The van der Waals surface area contributed by atoms with Crippen LogP contribution in [0.25, 0.3) is 0 Å². The van der Waals surface area contributed by atoms with Crippen LogP contribution in [0.3, 0.4) is 0 Å². The van der Waals surface area contributed by atoms with Crippen LogP contribution in [0, 0.1) is 34.5 Å². The molecule has 4 rings (SSSR count). The van der Waals surface area contributed by atoms with Crippen LogP contribution in [0.15, 0.2) is 0 Å². The van der Waals surface area contributed by atoms with Crippen molar-refractivity contribution in [3.05, 3.63) is 0 Å². The van der Waals surface area contributed by atoms with Crippen molar-refractivity contribution in [2.45, 2.75) is 90.8 Å². The first-order valence-electron chi connectivity index (χ1n) is 10.7. The summed E-state index contributed by atoms with van der Waals surface area (Å²) in [4.78, 5) is 12.5. The lowest BCUT2D eigenvalue weighted by Gasteiger charge is -2.61. The van der Waals surface area contributed by atoms with Gasteiger partial charge in [0, 0.05) is 18.4 Å². The minimum atomic E-state index is -0.289. The normalized spacial score (nSPS) is 52.4. The number of carbonyl (C=O) groups excluding carboxylic acids is 1. The molecule has 0 aliphatic heterocycles. The highest BCUT2D eigenvalue weighted by Crippen LogP contribution is 2.65. The molecule has 3 heteroatoms. The molecule has 4 fully saturated rings. The number of rotatable bonds is 3. The minimum Gasteiger partial charge on any atom is -0.390 e. The van der Waals surface area contributed by atoms with Gasteiger partial charge in [-0.05, 0) is 80.5 Å². The summed E-state index contributed by atoms with van der Waals surface area (Å²) < 4.78 is 6.06. The Bertz CT molecular complexity index is 531. The Morgan fingerprint density at radius 1 is 1.16 bits per heavy atom. The van der Waals surface area contributed by atoms with E-state index >= 15 is 0 Å². The van der Waals surface area contributed by atoms with Crippen LogP contribution in [0.5, 0.6) is 0 Å². The van der Waals surface area contributed by atoms with Crippen LogP contribution in [0.4, 0.5) is 0 Å². The Balaban J connectivity index is 1.58. The molecule has 1 N–H and O–H groups in total. The molecular weight excluding hydrogens is 312 g/mol. The molecule has 0 spiro atoms. The summed E-state index contributed by atoms with van der Waals surface area (Å²) in [6.45, 7) is 7.64. The van der Waals surface area contributed by atoms with Crippen molar-refractivity contribution < 1.29 is 14.6 Å². The van der Waals surface area contributed by atoms with Gasteiger partial charge in [0.25, 0.3) is 0 Å². The second-order valence-corrected chi connectivity index (χ2v) is 9.99. The summed E-state index contributed by atoms with van der Waals surface area (Å²) in [6, 6.07) is 0. The SMILES string of the molecule is CCCO[C@H]1C[C@@]2(C)[C@@H](CC[C@@H]3[C@@H]2CC[C@]2(C)C(=O)CC[C@@H]32)C[C@@H]1O. The molecule has 0 aromatic rings. The van der Waals surface area contributed by atoms with E-state index in [4.69, 9.17) is 4.74 Å². The molecule has 3 nitrogen and oxygen atoms in total. The van der Waals surface area contributed by atoms with Crippen molar-refractivity contribution in [3.8, 4) is 0 Å². The van der Waals surface area contributed by atoms with Gasteiger partial charge in [-0.1, -0.05) is 20.8 Å². The number of aliphatic hydroxyl groups is 1. The van der Waals surface area contributed by atoms with Gasteiger partial charge >= 0.3 is 0 Å². The molecule has 0 bridgehead atoms. The Morgan fingerprint density at radius 3 is 2.72 bits per heavy atom. The number of ketones is 1. The highest BCUT2D eigenvalue weighted by Gasteiger charge is 2.61.